The normalized spacial score (nSPS) is 11.4. The number of hydrogen-bond acceptors (Lipinski definition) is 6. The van der Waals surface area contributed by atoms with E-state index in [-0.39, 0.29) is 23.5 Å². The molecular formula is C12H19N3O3. The Hall–Kier alpha value is -1.85. The standard InChI is InChI=1S/C12H19N3O3/c1-7(2)17-9-8(6-14-11(13)15-9)10(16)18-12(3,4)5/h6-7H,1-5H3,(H2,13,14,15). The molecule has 0 aliphatic carbocycles. The van der Waals surface area contributed by atoms with E-state index in [1.54, 1.807) is 20.8 Å². The number of ether oxygens (including phenoxy) is 2. The van der Waals surface area contributed by atoms with Gasteiger partial charge in [0.2, 0.25) is 11.8 Å². The van der Waals surface area contributed by atoms with Crippen molar-refractivity contribution < 1.29 is 14.3 Å². The Bertz CT molecular complexity index is 439. The molecule has 100 valence electrons. The Labute approximate surface area is 107 Å². The van der Waals surface area contributed by atoms with Gasteiger partial charge in [-0.15, -0.1) is 0 Å². The monoisotopic (exact) mass is 253 g/mol. The smallest absolute Gasteiger partial charge is 0.345 e. The number of nitrogen functional groups attached to an aromatic ring is 1. The number of aromatic nitrogens is 2. The lowest BCUT2D eigenvalue weighted by molar-refractivity contribution is 0.00634. The van der Waals surface area contributed by atoms with Gasteiger partial charge in [0.25, 0.3) is 0 Å². The molecule has 0 saturated heterocycles. The van der Waals surface area contributed by atoms with Crippen molar-refractivity contribution in [2.75, 3.05) is 5.73 Å². The van der Waals surface area contributed by atoms with Gasteiger partial charge in [0.05, 0.1) is 12.3 Å². The molecule has 0 unspecified atom stereocenters. The lowest BCUT2D eigenvalue weighted by Crippen LogP contribution is -2.25. The summed E-state index contributed by atoms with van der Waals surface area (Å²) in [6.07, 6.45) is 1.19. The van der Waals surface area contributed by atoms with E-state index >= 15 is 0 Å². The van der Waals surface area contributed by atoms with Crippen LogP contribution in [-0.4, -0.2) is 27.6 Å². The Balaban J connectivity index is 3.03. The Morgan fingerprint density at radius 3 is 2.50 bits per heavy atom. The van der Waals surface area contributed by atoms with Crippen molar-refractivity contribution in [3.63, 3.8) is 0 Å². The minimum Gasteiger partial charge on any atom is -0.474 e. The second kappa shape index (κ2) is 5.20. The molecule has 0 atom stereocenters. The number of nitrogens with two attached hydrogens (primary N) is 1. The van der Waals surface area contributed by atoms with Gasteiger partial charge in [0, 0.05) is 0 Å². The molecule has 0 aromatic carbocycles. The van der Waals surface area contributed by atoms with Crippen LogP contribution < -0.4 is 10.5 Å². The third kappa shape index (κ3) is 4.20. The zero-order valence-electron chi connectivity index (χ0n) is 11.4. The molecule has 18 heavy (non-hydrogen) atoms. The molecule has 0 saturated carbocycles. The van der Waals surface area contributed by atoms with Crippen LogP contribution in [0.2, 0.25) is 0 Å². The van der Waals surface area contributed by atoms with E-state index < -0.39 is 11.6 Å². The van der Waals surface area contributed by atoms with Crippen molar-refractivity contribution >= 4 is 11.9 Å². The number of nitrogens with zero attached hydrogens (tertiary/aromatic N) is 2. The molecule has 0 fully saturated rings. The highest BCUT2D eigenvalue weighted by Gasteiger charge is 2.23. The van der Waals surface area contributed by atoms with Crippen LogP contribution in [0.25, 0.3) is 0 Å². The van der Waals surface area contributed by atoms with Crippen LogP contribution in [0.15, 0.2) is 6.20 Å². The number of rotatable bonds is 3. The summed E-state index contributed by atoms with van der Waals surface area (Å²) >= 11 is 0. The maximum atomic E-state index is 12.0. The molecule has 1 heterocycles. The minimum atomic E-state index is -0.590. The van der Waals surface area contributed by atoms with Gasteiger partial charge in [-0.05, 0) is 34.6 Å². The molecule has 6 heteroatoms. The fraction of sp³-hybridized carbons (Fsp3) is 0.583. The average Bonchev–Trinajstić information content (AvgIpc) is 2.13. The SMILES string of the molecule is CC(C)Oc1nc(N)ncc1C(=O)OC(C)(C)C. The summed E-state index contributed by atoms with van der Waals surface area (Å²) in [4.78, 5) is 19.6. The lowest BCUT2D eigenvalue weighted by atomic mass is 10.2. The predicted octanol–water partition coefficient (Wildman–Crippen LogP) is 1.80. The highest BCUT2D eigenvalue weighted by Crippen LogP contribution is 2.20. The molecule has 0 aliphatic heterocycles. The third-order valence-electron chi connectivity index (χ3n) is 1.74. The summed E-state index contributed by atoms with van der Waals surface area (Å²) in [5.74, 6) is -0.331. The first kappa shape index (κ1) is 14.2. The molecule has 1 aromatic heterocycles. The zero-order valence-corrected chi connectivity index (χ0v) is 11.4. The predicted molar refractivity (Wildman–Crippen MR) is 67.4 cm³/mol. The molecule has 0 bridgehead atoms. The van der Waals surface area contributed by atoms with Crippen LogP contribution in [0.5, 0.6) is 5.88 Å². The Kier molecular flexibility index (Phi) is 4.11. The fourth-order valence-electron chi connectivity index (χ4n) is 1.17. The van der Waals surface area contributed by atoms with E-state index in [2.05, 4.69) is 9.97 Å². The number of esters is 1. The van der Waals surface area contributed by atoms with Crippen molar-refractivity contribution in [3.05, 3.63) is 11.8 Å². The van der Waals surface area contributed by atoms with E-state index in [0.717, 1.165) is 0 Å². The van der Waals surface area contributed by atoms with E-state index in [4.69, 9.17) is 15.2 Å². The van der Waals surface area contributed by atoms with Crippen LogP contribution in [0.1, 0.15) is 45.0 Å². The van der Waals surface area contributed by atoms with Crippen molar-refractivity contribution in [2.24, 2.45) is 0 Å². The van der Waals surface area contributed by atoms with Crippen LogP contribution >= 0.6 is 0 Å². The summed E-state index contributed by atoms with van der Waals surface area (Å²) in [6, 6.07) is 0. The van der Waals surface area contributed by atoms with Gasteiger partial charge in [0.1, 0.15) is 11.2 Å². The van der Waals surface area contributed by atoms with Crippen molar-refractivity contribution in [1.82, 2.24) is 9.97 Å². The van der Waals surface area contributed by atoms with E-state index in [1.807, 2.05) is 13.8 Å². The maximum Gasteiger partial charge on any atom is 0.345 e. The third-order valence-corrected chi connectivity index (χ3v) is 1.74. The van der Waals surface area contributed by atoms with Gasteiger partial charge < -0.3 is 15.2 Å². The van der Waals surface area contributed by atoms with Gasteiger partial charge in [-0.3, -0.25) is 0 Å². The summed E-state index contributed by atoms with van der Waals surface area (Å²) in [7, 11) is 0. The minimum absolute atomic E-state index is 0.0537. The van der Waals surface area contributed by atoms with Crippen LogP contribution in [0, 0.1) is 0 Å². The van der Waals surface area contributed by atoms with Crippen LogP contribution in [-0.2, 0) is 4.74 Å². The molecule has 0 aliphatic rings. The second-order valence-corrected chi connectivity index (χ2v) is 5.12. The van der Waals surface area contributed by atoms with Gasteiger partial charge in [-0.2, -0.15) is 4.98 Å². The van der Waals surface area contributed by atoms with Crippen molar-refractivity contribution in [2.45, 2.75) is 46.3 Å². The van der Waals surface area contributed by atoms with E-state index in [1.165, 1.54) is 6.20 Å². The fourth-order valence-corrected chi connectivity index (χ4v) is 1.17. The Morgan fingerprint density at radius 2 is 2.00 bits per heavy atom. The quantitative estimate of drug-likeness (QED) is 0.826. The summed E-state index contributed by atoms with van der Waals surface area (Å²) in [5.41, 5.74) is 5.06. The first-order valence-corrected chi connectivity index (χ1v) is 5.71. The first-order chi connectivity index (χ1) is 8.19. The van der Waals surface area contributed by atoms with Gasteiger partial charge >= 0.3 is 5.97 Å². The molecule has 0 amide bonds. The average molecular weight is 253 g/mol. The number of anilines is 1. The molecule has 2 N–H and O–H groups in total. The number of carbonyl (C=O) groups is 1. The van der Waals surface area contributed by atoms with Crippen LogP contribution in [0.4, 0.5) is 5.95 Å². The van der Waals surface area contributed by atoms with Gasteiger partial charge in [-0.25, -0.2) is 9.78 Å². The number of hydrogen-bond donors (Lipinski definition) is 1. The van der Waals surface area contributed by atoms with Gasteiger partial charge in [0.15, 0.2) is 0 Å². The summed E-state index contributed by atoms with van der Waals surface area (Å²) < 4.78 is 10.7. The molecule has 1 aromatic rings. The van der Waals surface area contributed by atoms with Crippen molar-refractivity contribution in [3.8, 4) is 5.88 Å². The largest absolute Gasteiger partial charge is 0.474 e. The van der Waals surface area contributed by atoms with Crippen LogP contribution in [0.3, 0.4) is 0 Å². The Morgan fingerprint density at radius 1 is 1.39 bits per heavy atom. The molecule has 0 spiro atoms. The highest BCUT2D eigenvalue weighted by atomic mass is 16.6. The molecule has 1 rings (SSSR count). The zero-order chi connectivity index (χ0) is 13.9. The van der Waals surface area contributed by atoms with E-state index in [9.17, 15) is 4.79 Å². The summed E-state index contributed by atoms with van der Waals surface area (Å²) in [5, 5.41) is 0. The van der Waals surface area contributed by atoms with Gasteiger partial charge in [-0.1, -0.05) is 0 Å². The molecular weight excluding hydrogens is 234 g/mol. The first-order valence-electron chi connectivity index (χ1n) is 5.71. The second-order valence-electron chi connectivity index (χ2n) is 5.12. The topological polar surface area (TPSA) is 87.3 Å². The molecule has 6 nitrogen and oxygen atoms in total. The lowest BCUT2D eigenvalue weighted by Gasteiger charge is -2.20. The number of carbonyl (C=O) groups excluding carboxylic acids is 1. The highest BCUT2D eigenvalue weighted by molar-refractivity contribution is 5.91. The summed E-state index contributed by atoms with van der Waals surface area (Å²) in [6.45, 7) is 9.01. The van der Waals surface area contributed by atoms with E-state index in [0.29, 0.717) is 0 Å². The maximum absolute atomic E-state index is 12.0. The van der Waals surface area contributed by atoms with Crippen molar-refractivity contribution in [1.29, 1.82) is 0 Å². The molecule has 0 radical (unpaired) electrons.